The number of benzene rings is 1. The van der Waals surface area contributed by atoms with E-state index in [1.807, 2.05) is 24.3 Å². The van der Waals surface area contributed by atoms with Gasteiger partial charge < -0.3 is 20.6 Å². The number of nitrogens with one attached hydrogen (secondary N) is 2. The first-order valence-corrected chi connectivity index (χ1v) is 8.66. The molecule has 2 aliphatic rings. The zero-order valence-corrected chi connectivity index (χ0v) is 13.8. The standard InChI is InChI=1S/C18H27N3O2/c1-21(14-7-2-3-8-14)16-10-5-4-9-15(16)20-17(22)19-13-18(23)11-6-12-18/h4-5,9-10,14,23H,2-3,6-8,11-13H2,1H3,(H2,19,20,22). The van der Waals surface area contributed by atoms with E-state index in [0.717, 1.165) is 30.6 Å². The third-order valence-electron chi connectivity index (χ3n) is 5.27. The molecule has 0 heterocycles. The first kappa shape index (κ1) is 16.1. The summed E-state index contributed by atoms with van der Waals surface area (Å²) in [5.74, 6) is 0. The maximum Gasteiger partial charge on any atom is 0.319 e. The van der Waals surface area contributed by atoms with Gasteiger partial charge in [0.2, 0.25) is 0 Å². The summed E-state index contributed by atoms with van der Waals surface area (Å²) in [7, 11) is 2.10. The third kappa shape index (κ3) is 3.78. The molecule has 0 bridgehead atoms. The minimum atomic E-state index is -0.697. The summed E-state index contributed by atoms with van der Waals surface area (Å²) in [6.07, 6.45) is 7.57. The van der Waals surface area contributed by atoms with Gasteiger partial charge in [0.25, 0.3) is 0 Å². The van der Waals surface area contributed by atoms with Crippen LogP contribution < -0.4 is 15.5 Å². The number of anilines is 2. The van der Waals surface area contributed by atoms with E-state index < -0.39 is 5.60 Å². The van der Waals surface area contributed by atoms with E-state index in [9.17, 15) is 9.90 Å². The quantitative estimate of drug-likeness (QED) is 0.782. The Hall–Kier alpha value is -1.75. The summed E-state index contributed by atoms with van der Waals surface area (Å²) < 4.78 is 0. The van der Waals surface area contributed by atoms with Crippen molar-refractivity contribution in [3.8, 4) is 0 Å². The molecule has 5 heteroatoms. The van der Waals surface area contributed by atoms with Crippen molar-refractivity contribution in [2.24, 2.45) is 0 Å². The van der Waals surface area contributed by atoms with Crippen molar-refractivity contribution >= 4 is 17.4 Å². The maximum atomic E-state index is 12.1. The van der Waals surface area contributed by atoms with E-state index in [2.05, 4.69) is 22.6 Å². The number of aliphatic hydroxyl groups is 1. The van der Waals surface area contributed by atoms with E-state index in [0.29, 0.717) is 12.6 Å². The molecule has 126 valence electrons. The highest BCUT2D eigenvalue weighted by atomic mass is 16.3. The van der Waals surface area contributed by atoms with Crippen LogP contribution in [-0.4, -0.2) is 36.4 Å². The van der Waals surface area contributed by atoms with Gasteiger partial charge in [0.05, 0.1) is 17.0 Å². The van der Waals surface area contributed by atoms with Gasteiger partial charge >= 0.3 is 6.03 Å². The average molecular weight is 317 g/mol. The second kappa shape index (κ2) is 6.79. The Morgan fingerprint density at radius 1 is 1.26 bits per heavy atom. The molecule has 1 aromatic rings. The van der Waals surface area contributed by atoms with Gasteiger partial charge in [-0.1, -0.05) is 25.0 Å². The molecule has 2 fully saturated rings. The summed E-state index contributed by atoms with van der Waals surface area (Å²) in [5.41, 5.74) is 1.18. The van der Waals surface area contributed by atoms with Crippen LogP contribution in [0.1, 0.15) is 44.9 Å². The average Bonchev–Trinajstić information content (AvgIpc) is 3.05. The van der Waals surface area contributed by atoms with Crippen molar-refractivity contribution in [1.82, 2.24) is 5.32 Å². The first-order chi connectivity index (χ1) is 11.1. The lowest BCUT2D eigenvalue weighted by Crippen LogP contribution is -2.48. The topological polar surface area (TPSA) is 64.6 Å². The van der Waals surface area contributed by atoms with Crippen LogP contribution in [0, 0.1) is 0 Å². The Bertz CT molecular complexity index is 551. The highest BCUT2D eigenvalue weighted by Gasteiger charge is 2.34. The molecule has 3 rings (SSSR count). The van der Waals surface area contributed by atoms with Crippen LogP contribution >= 0.6 is 0 Å². The molecule has 0 aromatic heterocycles. The van der Waals surface area contributed by atoms with Crippen molar-refractivity contribution < 1.29 is 9.90 Å². The van der Waals surface area contributed by atoms with Gasteiger partial charge in [0.15, 0.2) is 0 Å². The Morgan fingerprint density at radius 2 is 1.96 bits per heavy atom. The highest BCUT2D eigenvalue weighted by molar-refractivity contribution is 5.93. The largest absolute Gasteiger partial charge is 0.388 e. The number of rotatable bonds is 5. The number of hydrogen-bond donors (Lipinski definition) is 3. The molecule has 23 heavy (non-hydrogen) atoms. The van der Waals surface area contributed by atoms with Crippen LogP contribution in [-0.2, 0) is 0 Å². The van der Waals surface area contributed by atoms with Crippen LogP contribution in [0.15, 0.2) is 24.3 Å². The molecule has 0 spiro atoms. The zero-order chi connectivity index (χ0) is 16.3. The van der Waals surface area contributed by atoms with Crippen molar-refractivity contribution in [2.75, 3.05) is 23.8 Å². The predicted octanol–water partition coefficient (Wildman–Crippen LogP) is 3.10. The van der Waals surface area contributed by atoms with Crippen molar-refractivity contribution in [3.05, 3.63) is 24.3 Å². The van der Waals surface area contributed by atoms with Crippen LogP contribution in [0.4, 0.5) is 16.2 Å². The van der Waals surface area contributed by atoms with E-state index in [4.69, 9.17) is 0 Å². The predicted molar refractivity (Wildman–Crippen MR) is 92.9 cm³/mol. The summed E-state index contributed by atoms with van der Waals surface area (Å²) in [6, 6.07) is 8.21. The Labute approximate surface area is 138 Å². The molecule has 0 saturated heterocycles. The van der Waals surface area contributed by atoms with Gasteiger partial charge in [-0.05, 0) is 44.2 Å². The Morgan fingerprint density at radius 3 is 2.61 bits per heavy atom. The SMILES string of the molecule is CN(c1ccccc1NC(=O)NCC1(O)CCC1)C1CCCC1. The van der Waals surface area contributed by atoms with Crippen LogP contribution in [0.3, 0.4) is 0 Å². The van der Waals surface area contributed by atoms with Gasteiger partial charge in [-0.25, -0.2) is 4.79 Å². The lowest BCUT2D eigenvalue weighted by atomic mass is 9.80. The molecule has 2 amide bonds. The normalized spacial score (nSPS) is 19.9. The van der Waals surface area contributed by atoms with E-state index in [1.54, 1.807) is 0 Å². The molecule has 2 saturated carbocycles. The minimum Gasteiger partial charge on any atom is -0.388 e. The molecule has 3 N–H and O–H groups in total. The van der Waals surface area contributed by atoms with Crippen LogP contribution in [0.25, 0.3) is 0 Å². The summed E-state index contributed by atoms with van der Waals surface area (Å²) >= 11 is 0. The number of para-hydroxylation sites is 2. The van der Waals surface area contributed by atoms with Gasteiger partial charge in [-0.15, -0.1) is 0 Å². The molecule has 0 aliphatic heterocycles. The number of carbonyl (C=O) groups is 1. The molecule has 0 atom stereocenters. The minimum absolute atomic E-state index is 0.252. The monoisotopic (exact) mass is 317 g/mol. The number of urea groups is 1. The molecule has 2 aliphatic carbocycles. The van der Waals surface area contributed by atoms with Gasteiger partial charge in [0, 0.05) is 19.6 Å². The number of nitrogens with zero attached hydrogens (tertiary/aromatic N) is 1. The number of carbonyl (C=O) groups excluding carboxylic acids is 1. The molecular formula is C18H27N3O2. The van der Waals surface area contributed by atoms with Gasteiger partial charge in [0.1, 0.15) is 0 Å². The Balaban J connectivity index is 1.61. The summed E-state index contributed by atoms with van der Waals surface area (Å²) in [4.78, 5) is 14.4. The second-order valence-electron chi connectivity index (χ2n) is 6.95. The van der Waals surface area contributed by atoms with E-state index in [1.165, 1.54) is 25.7 Å². The highest BCUT2D eigenvalue weighted by Crippen LogP contribution is 2.32. The fourth-order valence-corrected chi connectivity index (χ4v) is 3.55. The molecule has 5 nitrogen and oxygen atoms in total. The van der Waals surface area contributed by atoms with Gasteiger partial charge in [-0.3, -0.25) is 0 Å². The third-order valence-corrected chi connectivity index (χ3v) is 5.27. The van der Waals surface area contributed by atoms with Crippen LogP contribution in [0.2, 0.25) is 0 Å². The number of hydrogen-bond acceptors (Lipinski definition) is 3. The first-order valence-electron chi connectivity index (χ1n) is 8.66. The van der Waals surface area contributed by atoms with Crippen molar-refractivity contribution in [2.45, 2.75) is 56.6 Å². The fourth-order valence-electron chi connectivity index (χ4n) is 3.55. The van der Waals surface area contributed by atoms with Crippen molar-refractivity contribution in [1.29, 1.82) is 0 Å². The van der Waals surface area contributed by atoms with E-state index >= 15 is 0 Å². The molecule has 0 radical (unpaired) electrons. The summed E-state index contributed by atoms with van der Waals surface area (Å²) in [5, 5.41) is 15.8. The molecular weight excluding hydrogens is 290 g/mol. The fraction of sp³-hybridized carbons (Fsp3) is 0.611. The van der Waals surface area contributed by atoms with E-state index in [-0.39, 0.29) is 6.03 Å². The maximum absolute atomic E-state index is 12.1. The lowest BCUT2D eigenvalue weighted by molar-refractivity contribution is -0.0287. The number of amides is 2. The smallest absolute Gasteiger partial charge is 0.319 e. The summed E-state index contributed by atoms with van der Waals surface area (Å²) in [6.45, 7) is 0.319. The molecule has 0 unspecified atom stereocenters. The van der Waals surface area contributed by atoms with Crippen LogP contribution in [0.5, 0.6) is 0 Å². The molecule has 1 aromatic carbocycles. The van der Waals surface area contributed by atoms with Gasteiger partial charge in [-0.2, -0.15) is 0 Å². The second-order valence-corrected chi connectivity index (χ2v) is 6.95. The Kier molecular flexibility index (Phi) is 4.76. The zero-order valence-electron chi connectivity index (χ0n) is 13.8. The van der Waals surface area contributed by atoms with Crippen molar-refractivity contribution in [3.63, 3.8) is 0 Å². The lowest BCUT2D eigenvalue weighted by Gasteiger charge is -2.36.